The molecule has 3 heterocycles. The highest BCUT2D eigenvalue weighted by molar-refractivity contribution is 5.86. The highest BCUT2D eigenvalue weighted by Gasteiger charge is 2.16. The summed E-state index contributed by atoms with van der Waals surface area (Å²) in [5.41, 5.74) is 7.98. The van der Waals surface area contributed by atoms with Crippen molar-refractivity contribution < 1.29 is 14.6 Å². The van der Waals surface area contributed by atoms with Crippen LogP contribution in [0, 0.1) is 6.92 Å². The molecule has 0 bridgehead atoms. The molecule has 2 aromatic heterocycles. The van der Waals surface area contributed by atoms with Gasteiger partial charge in [0.05, 0.1) is 17.1 Å². The van der Waals surface area contributed by atoms with E-state index in [0.717, 1.165) is 47.6 Å². The van der Waals surface area contributed by atoms with Crippen molar-refractivity contribution in [2.75, 3.05) is 13.6 Å². The van der Waals surface area contributed by atoms with Crippen LogP contribution in [0.25, 0.3) is 22.6 Å². The predicted octanol–water partition coefficient (Wildman–Crippen LogP) is 4.72. The zero-order valence-corrected chi connectivity index (χ0v) is 20.2. The van der Waals surface area contributed by atoms with E-state index >= 15 is 0 Å². The SMILES string of the molecule is Cc1ccc(OCc2ccc3c(c2)CCN(C)C3)c(-c2cccc(-c3cc(C(=O)O)nn3C)n2)c1. The summed E-state index contributed by atoms with van der Waals surface area (Å²) in [4.78, 5) is 18.5. The summed E-state index contributed by atoms with van der Waals surface area (Å²) in [6, 6.07) is 19.9. The topological polar surface area (TPSA) is 80.5 Å². The van der Waals surface area contributed by atoms with Crippen molar-refractivity contribution in [1.29, 1.82) is 0 Å². The molecule has 5 rings (SSSR count). The third-order valence-electron chi connectivity index (χ3n) is 6.39. The molecule has 7 heteroatoms. The summed E-state index contributed by atoms with van der Waals surface area (Å²) in [5, 5.41) is 13.4. The number of carboxylic acid groups (broad SMARTS) is 1. The van der Waals surface area contributed by atoms with Gasteiger partial charge in [0.15, 0.2) is 5.69 Å². The molecule has 0 atom stereocenters. The molecule has 0 radical (unpaired) electrons. The largest absolute Gasteiger partial charge is 0.488 e. The van der Waals surface area contributed by atoms with Gasteiger partial charge in [0, 0.05) is 31.8 Å². The lowest BCUT2D eigenvalue weighted by molar-refractivity contribution is 0.0689. The van der Waals surface area contributed by atoms with Crippen LogP contribution in [0.1, 0.15) is 32.7 Å². The average molecular weight is 469 g/mol. The number of aromatic carboxylic acids is 1. The molecule has 1 N–H and O–H groups in total. The molecule has 1 aliphatic heterocycles. The monoisotopic (exact) mass is 468 g/mol. The number of ether oxygens (including phenoxy) is 1. The minimum absolute atomic E-state index is 0.00836. The van der Waals surface area contributed by atoms with E-state index in [2.05, 4.69) is 41.3 Å². The first-order valence-corrected chi connectivity index (χ1v) is 11.6. The van der Waals surface area contributed by atoms with Gasteiger partial charge in [-0.05, 0) is 61.3 Å². The Balaban J connectivity index is 1.43. The maximum absolute atomic E-state index is 11.3. The first-order chi connectivity index (χ1) is 16.9. The molecule has 0 saturated heterocycles. The number of aromatic nitrogens is 3. The summed E-state index contributed by atoms with van der Waals surface area (Å²) in [6.07, 6.45) is 1.06. The van der Waals surface area contributed by atoms with Crippen LogP contribution in [0.15, 0.2) is 60.7 Å². The molecule has 0 unspecified atom stereocenters. The van der Waals surface area contributed by atoms with Crippen molar-refractivity contribution in [3.63, 3.8) is 0 Å². The molecule has 1 aliphatic rings. The normalized spacial score (nSPS) is 13.5. The van der Waals surface area contributed by atoms with Gasteiger partial charge >= 0.3 is 5.97 Å². The van der Waals surface area contributed by atoms with Gasteiger partial charge in [-0.2, -0.15) is 5.10 Å². The van der Waals surface area contributed by atoms with Crippen molar-refractivity contribution in [2.45, 2.75) is 26.5 Å². The van der Waals surface area contributed by atoms with Gasteiger partial charge in [0.2, 0.25) is 0 Å². The first-order valence-electron chi connectivity index (χ1n) is 11.6. The molecule has 2 aromatic carbocycles. The summed E-state index contributed by atoms with van der Waals surface area (Å²) < 4.78 is 7.84. The Morgan fingerprint density at radius 3 is 2.66 bits per heavy atom. The van der Waals surface area contributed by atoms with Gasteiger partial charge in [-0.15, -0.1) is 0 Å². The Morgan fingerprint density at radius 2 is 1.86 bits per heavy atom. The number of nitrogens with zero attached hydrogens (tertiary/aromatic N) is 4. The summed E-state index contributed by atoms with van der Waals surface area (Å²) in [6.45, 7) is 4.58. The van der Waals surface area contributed by atoms with Gasteiger partial charge in [0.25, 0.3) is 0 Å². The highest BCUT2D eigenvalue weighted by Crippen LogP contribution is 2.32. The number of fused-ring (bicyclic) bond motifs is 1. The number of hydrogen-bond donors (Lipinski definition) is 1. The van der Waals surface area contributed by atoms with E-state index in [1.54, 1.807) is 7.05 Å². The number of aryl methyl sites for hydroxylation is 2. The van der Waals surface area contributed by atoms with Crippen LogP contribution < -0.4 is 4.74 Å². The number of pyridine rings is 1. The molecule has 0 amide bonds. The Hall–Kier alpha value is -3.97. The number of likely N-dealkylation sites (N-methyl/N-ethyl adjacent to an activating group) is 1. The molecule has 4 aromatic rings. The fourth-order valence-electron chi connectivity index (χ4n) is 4.51. The van der Waals surface area contributed by atoms with Crippen LogP contribution in [0.5, 0.6) is 5.75 Å². The Kier molecular flexibility index (Phi) is 6.09. The van der Waals surface area contributed by atoms with Crippen molar-refractivity contribution in [3.05, 3.63) is 88.6 Å². The Bertz CT molecular complexity index is 1410. The fourth-order valence-corrected chi connectivity index (χ4v) is 4.51. The number of hydrogen-bond acceptors (Lipinski definition) is 5. The molecule has 0 fully saturated rings. The van der Waals surface area contributed by atoms with E-state index in [1.807, 2.05) is 37.3 Å². The average Bonchev–Trinajstić information content (AvgIpc) is 3.25. The van der Waals surface area contributed by atoms with Gasteiger partial charge in [0.1, 0.15) is 12.4 Å². The third kappa shape index (κ3) is 4.81. The van der Waals surface area contributed by atoms with Crippen LogP contribution in [0.2, 0.25) is 0 Å². The maximum atomic E-state index is 11.3. The second-order valence-corrected chi connectivity index (χ2v) is 9.13. The van der Waals surface area contributed by atoms with Crippen molar-refractivity contribution in [1.82, 2.24) is 19.7 Å². The Labute approximate surface area is 204 Å². The van der Waals surface area contributed by atoms with Crippen LogP contribution in [0.4, 0.5) is 0 Å². The van der Waals surface area contributed by atoms with Gasteiger partial charge in [-0.3, -0.25) is 4.68 Å². The fraction of sp³-hybridized carbons (Fsp3) is 0.250. The lowest BCUT2D eigenvalue weighted by Gasteiger charge is -2.25. The molecule has 0 saturated carbocycles. The van der Waals surface area contributed by atoms with Gasteiger partial charge in [-0.1, -0.05) is 35.9 Å². The zero-order chi connectivity index (χ0) is 24.5. The van der Waals surface area contributed by atoms with Crippen LogP contribution >= 0.6 is 0 Å². The van der Waals surface area contributed by atoms with E-state index in [0.29, 0.717) is 18.0 Å². The van der Waals surface area contributed by atoms with Gasteiger partial charge < -0.3 is 14.7 Å². The summed E-state index contributed by atoms with van der Waals surface area (Å²) in [5.74, 6) is -0.305. The van der Waals surface area contributed by atoms with Crippen molar-refractivity contribution in [2.24, 2.45) is 7.05 Å². The minimum atomic E-state index is -1.06. The highest BCUT2D eigenvalue weighted by atomic mass is 16.5. The zero-order valence-electron chi connectivity index (χ0n) is 20.2. The second kappa shape index (κ2) is 9.35. The third-order valence-corrected chi connectivity index (χ3v) is 6.39. The predicted molar refractivity (Wildman–Crippen MR) is 134 cm³/mol. The van der Waals surface area contributed by atoms with Crippen LogP contribution in [-0.2, 0) is 26.6 Å². The number of benzene rings is 2. The van der Waals surface area contributed by atoms with Crippen LogP contribution in [0.3, 0.4) is 0 Å². The Morgan fingerprint density at radius 1 is 1.03 bits per heavy atom. The molecular weight excluding hydrogens is 440 g/mol. The maximum Gasteiger partial charge on any atom is 0.356 e. The second-order valence-electron chi connectivity index (χ2n) is 9.13. The molecule has 0 spiro atoms. The number of rotatable bonds is 6. The molecule has 178 valence electrons. The number of carbonyl (C=O) groups is 1. The van der Waals surface area contributed by atoms with Gasteiger partial charge in [-0.25, -0.2) is 9.78 Å². The molecule has 7 nitrogen and oxygen atoms in total. The van der Waals surface area contributed by atoms with Crippen LogP contribution in [-0.4, -0.2) is 44.3 Å². The first kappa shape index (κ1) is 22.8. The number of carboxylic acids is 1. The lowest BCUT2D eigenvalue weighted by Crippen LogP contribution is -2.26. The van der Waals surface area contributed by atoms with Crippen molar-refractivity contribution >= 4 is 5.97 Å². The molecule has 35 heavy (non-hydrogen) atoms. The smallest absolute Gasteiger partial charge is 0.356 e. The van der Waals surface area contributed by atoms with E-state index in [-0.39, 0.29) is 5.69 Å². The van der Waals surface area contributed by atoms with E-state index < -0.39 is 5.97 Å². The van der Waals surface area contributed by atoms with E-state index in [1.165, 1.54) is 21.9 Å². The summed E-state index contributed by atoms with van der Waals surface area (Å²) >= 11 is 0. The lowest BCUT2D eigenvalue weighted by atomic mass is 9.98. The summed E-state index contributed by atoms with van der Waals surface area (Å²) in [7, 11) is 3.87. The van der Waals surface area contributed by atoms with E-state index in [4.69, 9.17) is 9.72 Å². The molecule has 0 aliphatic carbocycles. The standard InChI is InChI=1S/C28H28N4O3/c1-18-7-10-27(35-17-19-8-9-21-16-31(2)12-11-20(21)14-19)22(13-18)23-5-4-6-24(29-23)26-15-25(28(33)34)30-32(26)3/h4-10,13-15H,11-12,16-17H2,1-3H3,(H,33,34). The molecular formula is C28H28N4O3. The minimum Gasteiger partial charge on any atom is -0.488 e. The van der Waals surface area contributed by atoms with Crippen molar-refractivity contribution in [3.8, 4) is 28.4 Å². The quantitative estimate of drug-likeness (QED) is 0.441. The van der Waals surface area contributed by atoms with E-state index in [9.17, 15) is 9.90 Å².